The van der Waals surface area contributed by atoms with Crippen LogP contribution < -0.4 is 0 Å². The van der Waals surface area contributed by atoms with Crippen LogP contribution >= 0.6 is 11.6 Å². The standard InChI is InChI=1S/C18H23Cl/c1-17(2)10-11-18(3,4)16-13-14(7-5-6-12-19)8-9-15(16)17/h8-9,13H,6,10-12H2,1-4H3. The van der Waals surface area contributed by atoms with Crippen molar-refractivity contribution in [2.24, 2.45) is 0 Å². The first kappa shape index (κ1) is 14.5. The van der Waals surface area contributed by atoms with E-state index in [4.69, 9.17) is 11.6 Å². The SMILES string of the molecule is CC1(C)CCC(C)(C)c2cc(C#CCCCl)ccc21. The van der Waals surface area contributed by atoms with Crippen molar-refractivity contribution in [1.29, 1.82) is 0 Å². The number of hydrogen-bond acceptors (Lipinski definition) is 0. The third kappa shape index (κ3) is 2.98. The van der Waals surface area contributed by atoms with Gasteiger partial charge in [-0.3, -0.25) is 0 Å². The molecule has 1 aromatic rings. The van der Waals surface area contributed by atoms with Gasteiger partial charge in [-0.1, -0.05) is 45.6 Å². The van der Waals surface area contributed by atoms with Crippen LogP contribution in [-0.4, -0.2) is 5.88 Å². The Labute approximate surface area is 122 Å². The number of rotatable bonds is 1. The van der Waals surface area contributed by atoms with E-state index in [1.165, 1.54) is 24.0 Å². The van der Waals surface area contributed by atoms with Crippen molar-refractivity contribution in [3.05, 3.63) is 34.9 Å². The van der Waals surface area contributed by atoms with Crippen LogP contribution in [-0.2, 0) is 10.8 Å². The smallest absolute Gasteiger partial charge is 0.0333 e. The molecular formula is C18H23Cl. The Bertz CT molecular complexity index is 526. The molecule has 1 aromatic carbocycles. The van der Waals surface area contributed by atoms with Crippen molar-refractivity contribution in [3.63, 3.8) is 0 Å². The van der Waals surface area contributed by atoms with Crippen LogP contribution in [0.2, 0.25) is 0 Å². The Morgan fingerprint density at radius 2 is 1.68 bits per heavy atom. The average molecular weight is 275 g/mol. The first-order chi connectivity index (χ1) is 8.87. The lowest BCUT2D eigenvalue weighted by molar-refractivity contribution is 0.332. The van der Waals surface area contributed by atoms with Crippen molar-refractivity contribution in [2.45, 2.75) is 57.8 Å². The lowest BCUT2D eigenvalue weighted by Crippen LogP contribution is -2.33. The zero-order valence-electron chi connectivity index (χ0n) is 12.4. The van der Waals surface area contributed by atoms with Crippen LogP contribution in [0.5, 0.6) is 0 Å². The van der Waals surface area contributed by atoms with E-state index >= 15 is 0 Å². The van der Waals surface area contributed by atoms with Crippen molar-refractivity contribution in [2.75, 3.05) is 5.88 Å². The molecule has 1 heteroatoms. The first-order valence-electron chi connectivity index (χ1n) is 7.07. The van der Waals surface area contributed by atoms with Gasteiger partial charge in [-0.25, -0.2) is 0 Å². The van der Waals surface area contributed by atoms with Crippen molar-refractivity contribution in [3.8, 4) is 11.8 Å². The van der Waals surface area contributed by atoms with Gasteiger partial charge in [0, 0.05) is 17.9 Å². The topological polar surface area (TPSA) is 0 Å². The molecule has 2 rings (SSSR count). The summed E-state index contributed by atoms with van der Waals surface area (Å²) in [7, 11) is 0. The molecule has 0 radical (unpaired) electrons. The average Bonchev–Trinajstić information content (AvgIpc) is 2.36. The monoisotopic (exact) mass is 274 g/mol. The Balaban J connectivity index is 2.45. The summed E-state index contributed by atoms with van der Waals surface area (Å²) in [6.07, 6.45) is 3.25. The van der Waals surface area contributed by atoms with E-state index < -0.39 is 0 Å². The first-order valence-corrected chi connectivity index (χ1v) is 7.60. The molecule has 0 bridgehead atoms. The molecule has 0 spiro atoms. The third-order valence-corrected chi connectivity index (χ3v) is 4.49. The molecule has 1 aliphatic carbocycles. The van der Waals surface area contributed by atoms with Gasteiger partial charge in [0.25, 0.3) is 0 Å². The molecule has 19 heavy (non-hydrogen) atoms. The van der Waals surface area contributed by atoms with E-state index in [9.17, 15) is 0 Å². The molecule has 0 saturated carbocycles. The number of benzene rings is 1. The van der Waals surface area contributed by atoms with Crippen LogP contribution in [0.15, 0.2) is 18.2 Å². The summed E-state index contributed by atoms with van der Waals surface area (Å²) in [5, 5.41) is 0. The fourth-order valence-electron chi connectivity index (χ4n) is 2.88. The largest absolute Gasteiger partial charge is 0.126 e. The molecule has 0 fully saturated rings. The molecule has 0 heterocycles. The highest BCUT2D eigenvalue weighted by Gasteiger charge is 2.36. The lowest BCUT2D eigenvalue weighted by Gasteiger charge is -2.41. The Hall–Kier alpha value is -0.930. The van der Waals surface area contributed by atoms with Gasteiger partial charge in [-0.05, 0) is 46.9 Å². The quantitative estimate of drug-likeness (QED) is 0.498. The second-order valence-electron chi connectivity index (χ2n) is 6.77. The molecule has 0 aromatic heterocycles. The van der Waals surface area contributed by atoms with Gasteiger partial charge in [-0.2, -0.15) is 0 Å². The molecular weight excluding hydrogens is 252 g/mol. The Morgan fingerprint density at radius 3 is 2.32 bits per heavy atom. The number of hydrogen-bond donors (Lipinski definition) is 0. The van der Waals surface area contributed by atoms with E-state index in [1.807, 2.05) is 0 Å². The second-order valence-corrected chi connectivity index (χ2v) is 7.15. The molecule has 0 aliphatic heterocycles. The Kier molecular flexibility index (Phi) is 3.98. The number of halogens is 1. The van der Waals surface area contributed by atoms with E-state index in [0.717, 1.165) is 12.0 Å². The van der Waals surface area contributed by atoms with Crippen molar-refractivity contribution < 1.29 is 0 Å². The number of alkyl halides is 1. The maximum absolute atomic E-state index is 5.66. The van der Waals surface area contributed by atoms with Gasteiger partial charge in [0.1, 0.15) is 0 Å². The summed E-state index contributed by atoms with van der Waals surface area (Å²) in [6, 6.07) is 6.72. The second kappa shape index (κ2) is 5.22. The molecule has 0 atom stereocenters. The van der Waals surface area contributed by atoms with E-state index in [-0.39, 0.29) is 10.8 Å². The minimum atomic E-state index is 0.259. The maximum atomic E-state index is 5.66. The van der Waals surface area contributed by atoms with Gasteiger partial charge in [0.05, 0.1) is 0 Å². The van der Waals surface area contributed by atoms with Crippen molar-refractivity contribution >= 4 is 11.6 Å². The lowest BCUT2D eigenvalue weighted by atomic mass is 9.63. The van der Waals surface area contributed by atoms with Gasteiger partial charge >= 0.3 is 0 Å². The fourth-order valence-corrected chi connectivity index (χ4v) is 2.97. The highest BCUT2D eigenvalue weighted by Crippen LogP contribution is 2.45. The molecule has 0 N–H and O–H groups in total. The summed E-state index contributed by atoms with van der Waals surface area (Å²) < 4.78 is 0. The van der Waals surface area contributed by atoms with Gasteiger partial charge in [0.15, 0.2) is 0 Å². The highest BCUT2D eigenvalue weighted by molar-refractivity contribution is 6.18. The predicted octanol–water partition coefficient (Wildman–Crippen LogP) is 5.02. The zero-order valence-corrected chi connectivity index (χ0v) is 13.2. The minimum absolute atomic E-state index is 0.259. The van der Waals surface area contributed by atoms with Gasteiger partial charge in [0.2, 0.25) is 0 Å². The highest BCUT2D eigenvalue weighted by atomic mass is 35.5. The third-order valence-electron chi connectivity index (χ3n) is 4.31. The fraction of sp³-hybridized carbons (Fsp3) is 0.556. The van der Waals surface area contributed by atoms with Crippen molar-refractivity contribution in [1.82, 2.24) is 0 Å². The van der Waals surface area contributed by atoms with Gasteiger partial charge in [-0.15, -0.1) is 11.6 Å². The molecule has 0 saturated heterocycles. The minimum Gasteiger partial charge on any atom is -0.126 e. The summed E-state index contributed by atoms with van der Waals surface area (Å²) in [6.45, 7) is 9.38. The molecule has 0 amide bonds. The maximum Gasteiger partial charge on any atom is 0.0333 e. The molecule has 1 aliphatic rings. The van der Waals surface area contributed by atoms with E-state index in [1.54, 1.807) is 0 Å². The zero-order chi connectivity index (χ0) is 14.1. The van der Waals surface area contributed by atoms with Crippen LogP contribution in [0, 0.1) is 11.8 Å². The van der Waals surface area contributed by atoms with E-state index in [2.05, 4.69) is 57.7 Å². The molecule has 0 nitrogen and oxygen atoms in total. The van der Waals surface area contributed by atoms with Crippen LogP contribution in [0.25, 0.3) is 0 Å². The Morgan fingerprint density at radius 1 is 1.05 bits per heavy atom. The van der Waals surface area contributed by atoms with Crippen LogP contribution in [0.3, 0.4) is 0 Å². The van der Waals surface area contributed by atoms with E-state index in [0.29, 0.717) is 5.88 Å². The van der Waals surface area contributed by atoms with Crippen LogP contribution in [0.4, 0.5) is 0 Å². The summed E-state index contributed by atoms with van der Waals surface area (Å²) >= 11 is 5.66. The predicted molar refractivity (Wildman–Crippen MR) is 83.9 cm³/mol. The number of fused-ring (bicyclic) bond motifs is 1. The molecule has 0 unspecified atom stereocenters. The summed E-state index contributed by atoms with van der Waals surface area (Å²) in [5.41, 5.74) is 4.63. The summed E-state index contributed by atoms with van der Waals surface area (Å²) in [5.74, 6) is 6.96. The normalized spacial score (nSPS) is 19.2. The van der Waals surface area contributed by atoms with Gasteiger partial charge < -0.3 is 0 Å². The summed E-state index contributed by atoms with van der Waals surface area (Å²) in [4.78, 5) is 0. The molecule has 102 valence electrons. The van der Waals surface area contributed by atoms with Crippen LogP contribution in [0.1, 0.15) is 63.6 Å².